The van der Waals surface area contributed by atoms with E-state index in [1.54, 1.807) is 0 Å². The molecule has 1 aliphatic rings. The largest absolute Gasteiger partial charge is 0.135 e. The first-order chi connectivity index (χ1) is 25.5. The van der Waals surface area contributed by atoms with E-state index in [4.69, 9.17) is 0 Å². The maximum atomic E-state index is 2.45. The molecule has 0 aliphatic heterocycles. The molecule has 0 nitrogen and oxygen atoms in total. The van der Waals surface area contributed by atoms with Crippen LogP contribution in [0.1, 0.15) is 25.0 Å². The molecular formula is C51H34S. The molecule has 0 amide bonds. The van der Waals surface area contributed by atoms with E-state index in [-0.39, 0.29) is 5.41 Å². The van der Waals surface area contributed by atoms with Crippen molar-refractivity contribution in [1.82, 2.24) is 0 Å². The molecule has 1 heteroatoms. The molecule has 0 N–H and O–H groups in total. The number of rotatable bonds is 3. The standard InChI is InChI=1S/C51H34S/c1-51(2)45-30-34(22-24-37(45)43-27-32-12-3-4-13-33(32)29-46(43)51)31-14-11-15-35(26-31)49-39-17-5-7-19-41(39)50(42-20-8-6-18-40(42)49)36-23-25-48-44(28-36)38-16-9-10-21-47(38)52-48/h3-30H,1-2H3. The topological polar surface area (TPSA) is 0 Å². The third kappa shape index (κ3) is 4.27. The van der Waals surface area contributed by atoms with Crippen molar-refractivity contribution >= 4 is 63.8 Å². The van der Waals surface area contributed by atoms with Crippen LogP contribution in [0.4, 0.5) is 0 Å². The molecule has 0 spiro atoms. The van der Waals surface area contributed by atoms with E-state index in [9.17, 15) is 0 Å². The van der Waals surface area contributed by atoms with Crippen molar-refractivity contribution in [2.75, 3.05) is 0 Å². The summed E-state index contributed by atoms with van der Waals surface area (Å²) in [6, 6.07) is 63.7. The lowest BCUT2D eigenvalue weighted by Crippen LogP contribution is -2.15. The molecule has 0 atom stereocenters. The second-order valence-electron chi connectivity index (χ2n) is 14.9. The molecule has 1 aromatic heterocycles. The molecule has 9 aromatic carbocycles. The highest BCUT2D eigenvalue weighted by atomic mass is 32.1. The molecule has 0 saturated heterocycles. The summed E-state index contributed by atoms with van der Waals surface area (Å²) in [5.41, 5.74) is 13.0. The van der Waals surface area contributed by atoms with Gasteiger partial charge in [-0.25, -0.2) is 0 Å². The highest BCUT2D eigenvalue weighted by Gasteiger charge is 2.36. The van der Waals surface area contributed by atoms with E-state index in [0.29, 0.717) is 0 Å². The summed E-state index contributed by atoms with van der Waals surface area (Å²) in [6.45, 7) is 4.76. The Morgan fingerprint density at radius 1 is 0.346 bits per heavy atom. The Balaban J connectivity index is 1.09. The smallest absolute Gasteiger partial charge is 0.0355 e. The van der Waals surface area contributed by atoms with E-state index < -0.39 is 0 Å². The van der Waals surface area contributed by atoms with Gasteiger partial charge >= 0.3 is 0 Å². The van der Waals surface area contributed by atoms with Crippen molar-refractivity contribution < 1.29 is 0 Å². The van der Waals surface area contributed by atoms with Gasteiger partial charge in [-0.05, 0) is 130 Å². The zero-order valence-corrected chi connectivity index (χ0v) is 29.9. The molecular weight excluding hydrogens is 645 g/mol. The summed E-state index contributed by atoms with van der Waals surface area (Å²) in [4.78, 5) is 0. The molecule has 11 rings (SSSR count). The molecule has 0 bridgehead atoms. The second kappa shape index (κ2) is 11.0. The molecule has 244 valence electrons. The summed E-state index contributed by atoms with van der Waals surface area (Å²) >= 11 is 1.88. The predicted molar refractivity (Wildman–Crippen MR) is 226 cm³/mol. The Morgan fingerprint density at radius 3 is 1.58 bits per heavy atom. The monoisotopic (exact) mass is 678 g/mol. The van der Waals surface area contributed by atoms with Crippen LogP contribution in [0.5, 0.6) is 0 Å². The van der Waals surface area contributed by atoms with Crippen LogP contribution in [-0.4, -0.2) is 0 Å². The first kappa shape index (κ1) is 29.7. The number of benzene rings is 9. The van der Waals surface area contributed by atoms with Gasteiger partial charge in [-0.1, -0.05) is 141 Å². The Kier molecular flexibility index (Phi) is 6.27. The van der Waals surface area contributed by atoms with Gasteiger partial charge in [0.25, 0.3) is 0 Å². The molecule has 0 unspecified atom stereocenters. The summed E-state index contributed by atoms with van der Waals surface area (Å²) in [6.07, 6.45) is 0. The molecule has 1 aliphatic carbocycles. The Labute approximate surface area is 307 Å². The van der Waals surface area contributed by atoms with E-state index in [2.05, 4.69) is 184 Å². The van der Waals surface area contributed by atoms with Gasteiger partial charge in [-0.3, -0.25) is 0 Å². The zero-order chi connectivity index (χ0) is 34.6. The minimum absolute atomic E-state index is 0.0805. The third-order valence-electron chi connectivity index (χ3n) is 11.6. The molecule has 0 saturated carbocycles. The van der Waals surface area contributed by atoms with Gasteiger partial charge in [0.2, 0.25) is 0 Å². The molecule has 52 heavy (non-hydrogen) atoms. The minimum atomic E-state index is -0.0805. The van der Waals surface area contributed by atoms with Crippen molar-refractivity contribution in [1.29, 1.82) is 0 Å². The minimum Gasteiger partial charge on any atom is -0.135 e. The van der Waals surface area contributed by atoms with E-state index in [0.717, 1.165) is 0 Å². The van der Waals surface area contributed by atoms with Crippen molar-refractivity contribution in [2.45, 2.75) is 19.3 Å². The van der Waals surface area contributed by atoms with Gasteiger partial charge in [0.15, 0.2) is 0 Å². The lowest BCUT2D eigenvalue weighted by molar-refractivity contribution is 0.661. The van der Waals surface area contributed by atoms with Crippen molar-refractivity contribution in [2.24, 2.45) is 0 Å². The fourth-order valence-electron chi connectivity index (χ4n) is 9.09. The van der Waals surface area contributed by atoms with Crippen molar-refractivity contribution in [3.05, 3.63) is 181 Å². The lowest BCUT2D eigenvalue weighted by atomic mass is 9.81. The second-order valence-corrected chi connectivity index (χ2v) is 15.9. The van der Waals surface area contributed by atoms with Crippen LogP contribution >= 0.6 is 11.3 Å². The van der Waals surface area contributed by atoms with Crippen molar-refractivity contribution in [3.63, 3.8) is 0 Å². The van der Waals surface area contributed by atoms with E-state index >= 15 is 0 Å². The van der Waals surface area contributed by atoms with Gasteiger partial charge in [-0.15, -0.1) is 11.3 Å². The van der Waals surface area contributed by atoms with Crippen LogP contribution in [0.3, 0.4) is 0 Å². The van der Waals surface area contributed by atoms with Crippen LogP contribution < -0.4 is 0 Å². The molecule has 10 aromatic rings. The van der Waals surface area contributed by atoms with Gasteiger partial charge < -0.3 is 0 Å². The van der Waals surface area contributed by atoms with Gasteiger partial charge in [0.1, 0.15) is 0 Å². The van der Waals surface area contributed by atoms with Gasteiger partial charge in [-0.2, -0.15) is 0 Å². The molecule has 0 fully saturated rings. The summed E-state index contributed by atoms with van der Waals surface area (Å²) < 4.78 is 2.67. The lowest BCUT2D eigenvalue weighted by Gasteiger charge is -2.22. The summed E-state index contributed by atoms with van der Waals surface area (Å²) in [5.74, 6) is 0. The highest BCUT2D eigenvalue weighted by Crippen LogP contribution is 2.51. The third-order valence-corrected chi connectivity index (χ3v) is 12.8. The SMILES string of the molecule is CC1(C)c2cc(-c3cccc(-c4c5ccccc5c(-c5ccc6sc7ccccc7c6c5)c5ccccc45)c3)ccc2-c2cc3ccccc3cc21. The highest BCUT2D eigenvalue weighted by molar-refractivity contribution is 7.25. The quantitative estimate of drug-likeness (QED) is 0.163. The fourth-order valence-corrected chi connectivity index (χ4v) is 10.2. The van der Waals surface area contributed by atoms with Crippen LogP contribution in [-0.2, 0) is 5.41 Å². The predicted octanol–water partition coefficient (Wildman–Crippen LogP) is 14.8. The summed E-state index contributed by atoms with van der Waals surface area (Å²) in [5, 5.41) is 10.4. The molecule has 1 heterocycles. The van der Waals surface area contributed by atoms with Crippen LogP contribution in [0.2, 0.25) is 0 Å². The maximum absolute atomic E-state index is 2.45. The summed E-state index contributed by atoms with van der Waals surface area (Å²) in [7, 11) is 0. The van der Waals surface area contributed by atoms with Crippen LogP contribution in [0.25, 0.3) is 97.0 Å². The number of thiophene rings is 1. The Bertz CT molecular complexity index is 3040. The zero-order valence-electron chi connectivity index (χ0n) is 29.1. The van der Waals surface area contributed by atoms with E-state index in [1.165, 1.54) is 108 Å². The maximum Gasteiger partial charge on any atom is 0.0355 e. The average molecular weight is 679 g/mol. The number of hydrogen-bond acceptors (Lipinski definition) is 1. The average Bonchev–Trinajstić information content (AvgIpc) is 3.67. The first-order valence-corrected chi connectivity index (χ1v) is 19.0. The van der Waals surface area contributed by atoms with Gasteiger partial charge in [0, 0.05) is 25.6 Å². The van der Waals surface area contributed by atoms with Crippen molar-refractivity contribution in [3.8, 4) is 44.5 Å². The Hall–Kier alpha value is -6.02. The normalized spacial score (nSPS) is 13.3. The van der Waals surface area contributed by atoms with Gasteiger partial charge in [0.05, 0.1) is 0 Å². The fraction of sp³-hybridized carbons (Fsp3) is 0.0588. The van der Waals surface area contributed by atoms with Crippen LogP contribution in [0, 0.1) is 0 Å². The Morgan fingerprint density at radius 2 is 0.865 bits per heavy atom. The molecule has 0 radical (unpaired) electrons. The van der Waals surface area contributed by atoms with E-state index in [1.807, 2.05) is 11.3 Å². The first-order valence-electron chi connectivity index (χ1n) is 18.2. The van der Waals surface area contributed by atoms with Crippen LogP contribution in [0.15, 0.2) is 170 Å². The number of fused-ring (bicyclic) bond motifs is 9. The number of hydrogen-bond donors (Lipinski definition) is 0.